The van der Waals surface area contributed by atoms with Crippen LogP contribution in [0, 0.1) is 6.92 Å². The van der Waals surface area contributed by atoms with Crippen LogP contribution in [0.15, 0.2) is 86.1 Å². The van der Waals surface area contributed by atoms with Gasteiger partial charge in [-0.2, -0.15) is 0 Å². The molecule has 1 saturated heterocycles. The van der Waals surface area contributed by atoms with Gasteiger partial charge in [-0.05, 0) is 48.9 Å². The zero-order valence-electron chi connectivity index (χ0n) is 23.6. The molecule has 0 saturated carbocycles. The Kier molecular flexibility index (Phi) is 6.77. The van der Waals surface area contributed by atoms with E-state index in [1.54, 1.807) is 41.4 Å². The number of anilines is 2. The first kappa shape index (κ1) is 26.9. The Balaban J connectivity index is 1.43. The molecule has 0 radical (unpaired) electrons. The fourth-order valence-electron chi connectivity index (χ4n) is 5.52. The van der Waals surface area contributed by atoms with Gasteiger partial charge in [0.15, 0.2) is 0 Å². The number of aryl methyl sites for hydroxylation is 3. The van der Waals surface area contributed by atoms with Crippen molar-refractivity contribution in [3.8, 4) is 11.6 Å². The molecule has 1 aliphatic rings. The van der Waals surface area contributed by atoms with Gasteiger partial charge in [0.1, 0.15) is 5.56 Å². The van der Waals surface area contributed by atoms with Crippen LogP contribution in [-0.2, 0) is 14.1 Å². The van der Waals surface area contributed by atoms with E-state index in [1.165, 1.54) is 6.21 Å². The highest BCUT2D eigenvalue weighted by molar-refractivity contribution is 5.92. The minimum Gasteiger partial charge on any atom is -0.493 e. The maximum atomic E-state index is 12.8. The summed E-state index contributed by atoms with van der Waals surface area (Å²) in [5, 5.41) is 11.1. The summed E-state index contributed by atoms with van der Waals surface area (Å²) >= 11 is 0. The molecule has 11 nitrogen and oxygen atoms in total. The van der Waals surface area contributed by atoms with Gasteiger partial charge < -0.3 is 14.9 Å². The van der Waals surface area contributed by atoms with Crippen LogP contribution in [0.4, 0.5) is 17.1 Å². The van der Waals surface area contributed by atoms with E-state index in [0.717, 1.165) is 40.1 Å². The Morgan fingerprint density at radius 1 is 0.810 bits per heavy atom. The lowest BCUT2D eigenvalue weighted by atomic mass is 10.1. The van der Waals surface area contributed by atoms with E-state index in [4.69, 9.17) is 0 Å². The Labute approximate surface area is 240 Å². The van der Waals surface area contributed by atoms with Gasteiger partial charge in [-0.25, -0.2) is 14.2 Å². The molecule has 3 aromatic carbocycles. The molecule has 5 aromatic rings. The summed E-state index contributed by atoms with van der Waals surface area (Å²) in [6.45, 7) is 4.89. The first-order chi connectivity index (χ1) is 20.2. The Morgan fingerprint density at radius 2 is 1.45 bits per heavy atom. The topological polar surface area (TPSA) is 121 Å². The highest BCUT2D eigenvalue weighted by Crippen LogP contribution is 2.34. The van der Waals surface area contributed by atoms with Gasteiger partial charge in [0.25, 0.3) is 5.56 Å². The van der Waals surface area contributed by atoms with E-state index in [1.807, 2.05) is 43.3 Å². The number of nitrogens with one attached hydrogen (secondary N) is 1. The monoisotopic (exact) mass is 565 g/mol. The number of aromatic hydroxyl groups is 1. The van der Waals surface area contributed by atoms with E-state index >= 15 is 0 Å². The smallest absolute Gasteiger partial charge is 0.335 e. The third-order valence-electron chi connectivity index (χ3n) is 7.82. The molecule has 1 aliphatic heterocycles. The number of H-pyrrole nitrogens is 1. The number of benzene rings is 3. The lowest BCUT2D eigenvalue weighted by molar-refractivity contribution is 0.430. The fourth-order valence-corrected chi connectivity index (χ4v) is 5.52. The number of para-hydroxylation sites is 1. The number of aromatic amines is 1. The molecule has 11 heteroatoms. The highest BCUT2D eigenvalue weighted by Gasteiger charge is 2.22. The Hall–Kier alpha value is -5.32. The number of hydrogen-bond donors (Lipinski definition) is 2. The highest BCUT2D eigenvalue weighted by atomic mass is 16.3. The third kappa shape index (κ3) is 4.68. The first-order valence-electron chi connectivity index (χ1n) is 13.7. The summed E-state index contributed by atoms with van der Waals surface area (Å²) < 4.78 is 4.19. The van der Waals surface area contributed by atoms with Gasteiger partial charge in [-0.15, -0.1) is 0 Å². The van der Waals surface area contributed by atoms with Crippen LogP contribution in [0.25, 0.3) is 16.7 Å². The van der Waals surface area contributed by atoms with Crippen LogP contribution in [0.3, 0.4) is 0 Å². The van der Waals surface area contributed by atoms with Crippen LogP contribution in [-0.4, -0.2) is 56.2 Å². The van der Waals surface area contributed by atoms with E-state index < -0.39 is 17.1 Å². The maximum Gasteiger partial charge on any atom is 0.335 e. The van der Waals surface area contributed by atoms with E-state index in [0.29, 0.717) is 30.0 Å². The molecule has 0 spiro atoms. The predicted octanol–water partition coefficient (Wildman–Crippen LogP) is 2.81. The van der Waals surface area contributed by atoms with Crippen molar-refractivity contribution in [3.63, 3.8) is 0 Å². The van der Waals surface area contributed by atoms with Gasteiger partial charge in [-0.1, -0.05) is 30.3 Å². The first-order valence-corrected chi connectivity index (χ1v) is 13.7. The van der Waals surface area contributed by atoms with Crippen molar-refractivity contribution in [2.75, 3.05) is 36.0 Å². The SMILES string of the molecule is Cc1cccc(-n2c(O)c(C=Nc3cc4c(cc3N3CCN(c5ccccc5)CC3)n(C)c(=O)n4C)c(=O)[nH]c2=O)c1. The van der Waals surface area contributed by atoms with Gasteiger partial charge in [0.2, 0.25) is 5.88 Å². The number of imidazole rings is 1. The molecular formula is C31H31N7O4. The average Bonchev–Trinajstić information content (AvgIpc) is 3.20. The number of aromatic nitrogens is 4. The van der Waals surface area contributed by atoms with Gasteiger partial charge in [0, 0.05) is 52.2 Å². The molecule has 0 bridgehead atoms. The zero-order valence-corrected chi connectivity index (χ0v) is 23.6. The molecule has 6 rings (SSSR count). The minimum atomic E-state index is -0.753. The van der Waals surface area contributed by atoms with E-state index in [2.05, 4.69) is 31.9 Å². The van der Waals surface area contributed by atoms with Crippen molar-refractivity contribution >= 4 is 34.3 Å². The summed E-state index contributed by atoms with van der Waals surface area (Å²) in [5.74, 6) is -0.510. The molecule has 2 aromatic heterocycles. The summed E-state index contributed by atoms with van der Waals surface area (Å²) in [7, 11) is 3.43. The van der Waals surface area contributed by atoms with Crippen molar-refractivity contribution in [1.29, 1.82) is 0 Å². The molecule has 0 aliphatic carbocycles. The molecule has 2 N–H and O–H groups in total. The summed E-state index contributed by atoms with van der Waals surface area (Å²) in [4.78, 5) is 49.7. The second kappa shape index (κ2) is 10.6. The van der Waals surface area contributed by atoms with Crippen molar-refractivity contribution in [2.45, 2.75) is 6.92 Å². The summed E-state index contributed by atoms with van der Waals surface area (Å²) in [5.41, 5.74) is 3.42. The molecule has 0 atom stereocenters. The normalized spacial score (nSPS) is 13.9. The molecule has 3 heterocycles. The third-order valence-corrected chi connectivity index (χ3v) is 7.82. The van der Waals surface area contributed by atoms with Crippen molar-refractivity contribution in [1.82, 2.24) is 18.7 Å². The number of fused-ring (bicyclic) bond motifs is 1. The van der Waals surface area contributed by atoms with Crippen LogP contribution < -0.4 is 26.7 Å². The minimum absolute atomic E-state index is 0.155. The van der Waals surface area contributed by atoms with Gasteiger partial charge >= 0.3 is 11.4 Å². The number of rotatable bonds is 5. The van der Waals surface area contributed by atoms with Gasteiger partial charge in [0.05, 0.1) is 28.1 Å². The molecular weight excluding hydrogens is 534 g/mol. The van der Waals surface area contributed by atoms with Crippen LogP contribution in [0.2, 0.25) is 0 Å². The molecule has 0 amide bonds. The maximum absolute atomic E-state index is 12.8. The number of hydrogen-bond acceptors (Lipinski definition) is 7. The quantitative estimate of drug-likeness (QED) is 0.316. The molecule has 214 valence electrons. The fraction of sp³-hybridized carbons (Fsp3) is 0.226. The zero-order chi connectivity index (χ0) is 29.5. The summed E-state index contributed by atoms with van der Waals surface area (Å²) in [6.07, 6.45) is 1.27. The Morgan fingerprint density at radius 3 is 2.14 bits per heavy atom. The average molecular weight is 566 g/mol. The summed E-state index contributed by atoms with van der Waals surface area (Å²) in [6, 6.07) is 21.0. The standard InChI is InChI=1S/C31H31N7O4/c1-20-8-7-11-22(16-20)38-29(40)23(28(39)33-30(38)41)19-32-24-17-26-27(35(3)31(42)34(26)2)18-25(24)37-14-12-36(13-15-37)21-9-5-4-6-10-21/h4-11,16-19,40H,12-15H2,1-3H3,(H,33,39,41). The van der Waals surface area contributed by atoms with Crippen LogP contribution in [0.1, 0.15) is 11.1 Å². The van der Waals surface area contributed by atoms with Crippen LogP contribution in [0.5, 0.6) is 5.88 Å². The van der Waals surface area contributed by atoms with Crippen molar-refractivity contribution < 1.29 is 5.11 Å². The van der Waals surface area contributed by atoms with Gasteiger partial charge in [-0.3, -0.25) is 23.9 Å². The van der Waals surface area contributed by atoms with Crippen molar-refractivity contribution in [2.24, 2.45) is 19.1 Å². The van der Waals surface area contributed by atoms with Crippen LogP contribution >= 0.6 is 0 Å². The molecule has 42 heavy (non-hydrogen) atoms. The van der Waals surface area contributed by atoms with E-state index in [-0.39, 0.29) is 11.3 Å². The lowest BCUT2D eigenvalue weighted by Gasteiger charge is -2.37. The largest absolute Gasteiger partial charge is 0.493 e. The number of nitrogens with zero attached hydrogens (tertiary/aromatic N) is 6. The van der Waals surface area contributed by atoms with E-state index in [9.17, 15) is 19.5 Å². The van der Waals surface area contributed by atoms with Crippen molar-refractivity contribution in [3.05, 3.63) is 109 Å². The molecule has 1 fully saturated rings. The number of aliphatic imine (C=N–C) groups is 1. The molecule has 0 unspecified atom stereocenters. The second-order valence-electron chi connectivity index (χ2n) is 10.5. The number of piperazine rings is 1. The Bertz CT molecular complexity index is 2010. The lowest BCUT2D eigenvalue weighted by Crippen LogP contribution is -2.46. The predicted molar refractivity (Wildman–Crippen MR) is 165 cm³/mol. The second-order valence-corrected chi connectivity index (χ2v) is 10.5.